The van der Waals surface area contributed by atoms with E-state index in [2.05, 4.69) is 46.3 Å². The summed E-state index contributed by atoms with van der Waals surface area (Å²) in [6.07, 6.45) is 1.92. The van der Waals surface area contributed by atoms with E-state index in [9.17, 15) is 4.79 Å². The molecular formula is C35H27BrN2O2S. The molecular weight excluding hydrogens is 592 g/mol. The fourth-order valence-electron chi connectivity index (χ4n) is 4.75. The van der Waals surface area contributed by atoms with E-state index in [1.165, 1.54) is 22.5 Å². The fourth-order valence-corrected chi connectivity index (χ4v) is 6.10. The molecule has 0 radical (unpaired) electrons. The summed E-state index contributed by atoms with van der Waals surface area (Å²) < 4.78 is 7.27. The van der Waals surface area contributed by atoms with Gasteiger partial charge in [-0.15, -0.1) is 0 Å². The standard InChI is InChI=1S/C35H27BrN2O2S/c36-30-18-19-32(40-24-28-16-9-15-27-14-7-8-17-31(27)28)29(20-30)21-33-34(39)38(23-26-12-5-2-6-13-26)35(41-33)37-22-25-10-3-1-4-11-25/h1-21H,22-24H2/b33-21+,37-35?. The van der Waals surface area contributed by atoms with Crippen molar-refractivity contribution in [2.45, 2.75) is 19.7 Å². The highest BCUT2D eigenvalue weighted by atomic mass is 79.9. The molecule has 41 heavy (non-hydrogen) atoms. The monoisotopic (exact) mass is 618 g/mol. The molecule has 1 aliphatic heterocycles. The first kappa shape index (κ1) is 27.1. The average Bonchev–Trinajstić information content (AvgIpc) is 3.30. The van der Waals surface area contributed by atoms with Gasteiger partial charge in [0, 0.05) is 10.0 Å². The summed E-state index contributed by atoms with van der Waals surface area (Å²) in [5.74, 6) is 0.650. The summed E-state index contributed by atoms with van der Waals surface area (Å²) in [5.41, 5.74) is 4.10. The number of rotatable bonds is 8. The molecule has 4 nitrogen and oxygen atoms in total. The Morgan fingerprint density at radius 2 is 1.51 bits per heavy atom. The molecule has 0 unspecified atom stereocenters. The molecule has 1 fully saturated rings. The number of ether oxygens (including phenoxy) is 1. The summed E-state index contributed by atoms with van der Waals surface area (Å²) in [6, 6.07) is 40.5. The first-order chi connectivity index (χ1) is 20.1. The molecule has 5 aromatic rings. The second-order valence-electron chi connectivity index (χ2n) is 9.68. The topological polar surface area (TPSA) is 41.9 Å². The first-order valence-electron chi connectivity index (χ1n) is 13.4. The van der Waals surface area contributed by atoms with Crippen LogP contribution in [0.3, 0.4) is 0 Å². The molecule has 0 saturated carbocycles. The second-order valence-corrected chi connectivity index (χ2v) is 11.6. The molecule has 0 spiro atoms. The lowest BCUT2D eigenvalue weighted by molar-refractivity contribution is -0.122. The molecule has 202 valence electrons. The molecule has 0 N–H and O–H groups in total. The summed E-state index contributed by atoms with van der Waals surface area (Å²) in [5, 5.41) is 3.05. The molecule has 0 aromatic heterocycles. The molecule has 1 amide bonds. The maximum atomic E-state index is 13.8. The van der Waals surface area contributed by atoms with Gasteiger partial charge >= 0.3 is 0 Å². The van der Waals surface area contributed by atoms with Gasteiger partial charge < -0.3 is 4.74 Å². The van der Waals surface area contributed by atoms with Gasteiger partial charge in [0.1, 0.15) is 12.4 Å². The van der Waals surface area contributed by atoms with Gasteiger partial charge in [0.15, 0.2) is 5.17 Å². The van der Waals surface area contributed by atoms with Gasteiger partial charge in [0.25, 0.3) is 5.91 Å². The molecule has 5 aromatic carbocycles. The van der Waals surface area contributed by atoms with Crippen molar-refractivity contribution >= 4 is 55.6 Å². The molecule has 6 heteroatoms. The van der Waals surface area contributed by atoms with Gasteiger partial charge in [0.2, 0.25) is 0 Å². The summed E-state index contributed by atoms with van der Waals surface area (Å²) in [7, 11) is 0. The predicted molar refractivity (Wildman–Crippen MR) is 173 cm³/mol. The Bertz CT molecular complexity index is 1750. The van der Waals surface area contributed by atoms with Crippen molar-refractivity contribution in [1.29, 1.82) is 0 Å². The number of fused-ring (bicyclic) bond motifs is 1. The van der Waals surface area contributed by atoms with Crippen molar-refractivity contribution in [3.8, 4) is 5.75 Å². The van der Waals surface area contributed by atoms with E-state index >= 15 is 0 Å². The molecule has 1 saturated heterocycles. The number of benzene rings is 5. The molecule has 1 aliphatic rings. The Balaban J connectivity index is 1.29. The van der Waals surface area contributed by atoms with Crippen LogP contribution in [0.4, 0.5) is 0 Å². The number of hydrogen-bond acceptors (Lipinski definition) is 4. The molecule has 0 bridgehead atoms. The highest BCUT2D eigenvalue weighted by molar-refractivity contribution is 9.10. The van der Waals surface area contributed by atoms with Crippen LogP contribution in [0, 0.1) is 0 Å². The smallest absolute Gasteiger partial charge is 0.267 e. The number of amides is 1. The lowest BCUT2D eigenvalue weighted by Gasteiger charge is -2.16. The number of aliphatic imine (C=N–C) groups is 1. The van der Waals surface area contributed by atoms with Crippen LogP contribution >= 0.6 is 27.7 Å². The van der Waals surface area contributed by atoms with E-state index in [1.54, 1.807) is 4.90 Å². The average molecular weight is 620 g/mol. The minimum Gasteiger partial charge on any atom is -0.488 e. The van der Waals surface area contributed by atoms with E-state index in [1.807, 2.05) is 97.1 Å². The van der Waals surface area contributed by atoms with Crippen molar-refractivity contribution in [2.24, 2.45) is 4.99 Å². The van der Waals surface area contributed by atoms with Gasteiger partial charge in [-0.2, -0.15) is 0 Å². The van der Waals surface area contributed by atoms with Crippen molar-refractivity contribution in [1.82, 2.24) is 4.90 Å². The van der Waals surface area contributed by atoms with Crippen LogP contribution < -0.4 is 4.74 Å². The third-order valence-corrected chi connectivity index (χ3v) is 8.37. The molecule has 6 rings (SSSR count). The van der Waals surface area contributed by atoms with Crippen LogP contribution in [0.5, 0.6) is 5.75 Å². The maximum Gasteiger partial charge on any atom is 0.267 e. The lowest BCUT2D eigenvalue weighted by Crippen LogP contribution is -2.28. The van der Waals surface area contributed by atoms with Gasteiger partial charge in [0.05, 0.1) is 18.0 Å². The number of halogens is 1. The molecule has 0 aliphatic carbocycles. The molecule has 1 heterocycles. The zero-order valence-electron chi connectivity index (χ0n) is 22.2. The van der Waals surface area contributed by atoms with Gasteiger partial charge in [-0.05, 0) is 63.5 Å². The minimum atomic E-state index is -0.0642. The lowest BCUT2D eigenvalue weighted by atomic mass is 10.1. The van der Waals surface area contributed by atoms with Gasteiger partial charge in [-0.1, -0.05) is 119 Å². The Hall–Kier alpha value is -4.13. The highest BCUT2D eigenvalue weighted by Crippen LogP contribution is 2.36. The van der Waals surface area contributed by atoms with Crippen molar-refractivity contribution < 1.29 is 9.53 Å². The number of nitrogens with zero attached hydrogens (tertiary/aromatic N) is 2. The Morgan fingerprint density at radius 3 is 2.32 bits per heavy atom. The molecule has 0 atom stereocenters. The Labute approximate surface area is 252 Å². The van der Waals surface area contributed by atoms with Crippen molar-refractivity contribution in [2.75, 3.05) is 0 Å². The predicted octanol–water partition coefficient (Wildman–Crippen LogP) is 8.85. The first-order valence-corrected chi connectivity index (χ1v) is 15.0. The quantitative estimate of drug-likeness (QED) is 0.163. The third kappa shape index (κ3) is 6.45. The Kier molecular flexibility index (Phi) is 8.31. The SMILES string of the molecule is O=C1/C(=C\c2cc(Br)ccc2OCc2cccc3ccccc23)SC(=NCc2ccccc2)N1Cc1ccccc1. The second kappa shape index (κ2) is 12.6. The maximum absolute atomic E-state index is 13.8. The van der Waals surface area contributed by atoms with Crippen LogP contribution in [0.15, 0.2) is 136 Å². The fraction of sp³-hybridized carbons (Fsp3) is 0.0857. The number of amidine groups is 1. The van der Waals surface area contributed by atoms with E-state index in [0.717, 1.165) is 26.7 Å². The number of carbonyl (C=O) groups is 1. The van der Waals surface area contributed by atoms with Crippen LogP contribution in [-0.2, 0) is 24.5 Å². The minimum absolute atomic E-state index is 0.0642. The van der Waals surface area contributed by atoms with E-state index in [0.29, 0.717) is 35.5 Å². The van der Waals surface area contributed by atoms with Crippen LogP contribution in [0.1, 0.15) is 22.3 Å². The highest BCUT2D eigenvalue weighted by Gasteiger charge is 2.33. The summed E-state index contributed by atoms with van der Waals surface area (Å²) >= 11 is 5.01. The zero-order valence-corrected chi connectivity index (χ0v) is 24.6. The van der Waals surface area contributed by atoms with E-state index in [4.69, 9.17) is 9.73 Å². The van der Waals surface area contributed by atoms with Gasteiger partial charge in [-0.25, -0.2) is 0 Å². The van der Waals surface area contributed by atoms with E-state index in [-0.39, 0.29) is 5.91 Å². The zero-order chi connectivity index (χ0) is 28.0. The summed E-state index contributed by atoms with van der Waals surface area (Å²) in [4.78, 5) is 21.0. The van der Waals surface area contributed by atoms with Crippen molar-refractivity contribution in [3.05, 3.63) is 153 Å². The summed E-state index contributed by atoms with van der Waals surface area (Å²) in [6.45, 7) is 1.38. The number of hydrogen-bond donors (Lipinski definition) is 0. The van der Waals surface area contributed by atoms with Crippen LogP contribution in [-0.4, -0.2) is 16.0 Å². The van der Waals surface area contributed by atoms with Crippen LogP contribution in [0.25, 0.3) is 16.8 Å². The third-order valence-electron chi connectivity index (χ3n) is 6.83. The van der Waals surface area contributed by atoms with E-state index < -0.39 is 0 Å². The number of thioether (sulfide) groups is 1. The largest absolute Gasteiger partial charge is 0.488 e. The number of carbonyl (C=O) groups excluding carboxylic acids is 1. The Morgan fingerprint density at radius 1 is 0.805 bits per heavy atom. The van der Waals surface area contributed by atoms with Crippen molar-refractivity contribution in [3.63, 3.8) is 0 Å². The van der Waals surface area contributed by atoms with Crippen LogP contribution in [0.2, 0.25) is 0 Å². The normalized spacial score (nSPS) is 15.2. The van der Waals surface area contributed by atoms with Gasteiger partial charge in [-0.3, -0.25) is 14.7 Å².